The summed E-state index contributed by atoms with van der Waals surface area (Å²) in [6.45, 7) is 6.28. The molecule has 1 unspecified atom stereocenters. The fraction of sp³-hybridized carbons (Fsp3) is 0.500. The van der Waals surface area contributed by atoms with E-state index in [2.05, 4.69) is 5.32 Å². The van der Waals surface area contributed by atoms with Gasteiger partial charge in [-0.25, -0.2) is 9.18 Å². The second kappa shape index (κ2) is 7.17. The van der Waals surface area contributed by atoms with E-state index in [9.17, 15) is 19.1 Å². The molecule has 0 saturated heterocycles. The summed E-state index contributed by atoms with van der Waals surface area (Å²) in [5, 5.41) is 12.0. The van der Waals surface area contributed by atoms with Gasteiger partial charge < -0.3 is 15.2 Å². The van der Waals surface area contributed by atoms with Crippen LogP contribution in [0.4, 0.5) is 9.18 Å². The van der Waals surface area contributed by atoms with Crippen molar-refractivity contribution in [1.82, 2.24) is 5.32 Å². The molecule has 0 aliphatic rings. The molecule has 1 aromatic rings. The first-order chi connectivity index (χ1) is 10.4. The third-order valence-corrected chi connectivity index (χ3v) is 3.52. The normalized spacial score (nSPS) is 14.0. The van der Waals surface area contributed by atoms with Gasteiger partial charge in [0.25, 0.3) is 0 Å². The lowest BCUT2D eigenvalue weighted by Crippen LogP contribution is -2.44. The lowest BCUT2D eigenvalue weighted by Gasteiger charge is -2.27. The smallest absolute Gasteiger partial charge is 0.407 e. The quantitative estimate of drug-likeness (QED) is 0.854. The molecule has 23 heavy (non-hydrogen) atoms. The summed E-state index contributed by atoms with van der Waals surface area (Å²) in [6.07, 6.45) is -0.895. The molecule has 0 bridgehead atoms. The van der Waals surface area contributed by atoms with Gasteiger partial charge in [-0.3, -0.25) is 4.79 Å². The highest BCUT2D eigenvalue weighted by molar-refractivity contribution is 6.31. The van der Waals surface area contributed by atoms with Gasteiger partial charge in [-0.2, -0.15) is 0 Å². The Hall–Kier alpha value is -1.82. The number of carbonyl (C=O) groups is 2. The van der Waals surface area contributed by atoms with Crippen molar-refractivity contribution in [2.24, 2.45) is 5.41 Å². The Labute approximate surface area is 139 Å². The standard InChI is InChI=1S/C16H21ClFNO4/c1-15(2,3)23-14(22)19-9-16(4,13(20)21)8-10-11(17)6-5-7-12(10)18/h5-7H,8-9H2,1-4H3,(H,19,22)(H,20,21). The Morgan fingerprint density at radius 1 is 1.30 bits per heavy atom. The zero-order valence-electron chi connectivity index (χ0n) is 13.6. The van der Waals surface area contributed by atoms with E-state index in [0.717, 1.165) is 0 Å². The fourth-order valence-corrected chi connectivity index (χ4v) is 2.12. The van der Waals surface area contributed by atoms with E-state index in [-0.39, 0.29) is 23.6 Å². The highest BCUT2D eigenvalue weighted by atomic mass is 35.5. The zero-order chi connectivity index (χ0) is 17.8. The van der Waals surface area contributed by atoms with Crippen molar-refractivity contribution in [2.75, 3.05) is 6.54 Å². The molecule has 5 nitrogen and oxygen atoms in total. The number of halogens is 2. The van der Waals surface area contributed by atoms with Crippen molar-refractivity contribution in [3.05, 3.63) is 34.6 Å². The number of benzene rings is 1. The van der Waals surface area contributed by atoms with E-state index < -0.39 is 28.9 Å². The summed E-state index contributed by atoms with van der Waals surface area (Å²) >= 11 is 5.95. The number of rotatable bonds is 5. The van der Waals surface area contributed by atoms with Crippen molar-refractivity contribution in [2.45, 2.75) is 39.7 Å². The average Bonchev–Trinajstić information content (AvgIpc) is 2.39. The van der Waals surface area contributed by atoms with Gasteiger partial charge in [-0.15, -0.1) is 0 Å². The van der Waals surface area contributed by atoms with E-state index in [1.165, 1.54) is 25.1 Å². The van der Waals surface area contributed by atoms with Crippen molar-refractivity contribution < 1.29 is 23.8 Å². The van der Waals surface area contributed by atoms with Crippen LogP contribution in [0.25, 0.3) is 0 Å². The highest BCUT2D eigenvalue weighted by Gasteiger charge is 2.36. The second-order valence-electron chi connectivity index (χ2n) is 6.60. The maximum atomic E-state index is 13.9. The SMILES string of the molecule is CC(C)(C)OC(=O)NCC(C)(Cc1c(F)cccc1Cl)C(=O)O. The summed E-state index contributed by atoms with van der Waals surface area (Å²) < 4.78 is 18.9. The molecule has 0 fully saturated rings. The lowest BCUT2D eigenvalue weighted by atomic mass is 9.83. The van der Waals surface area contributed by atoms with Gasteiger partial charge in [0, 0.05) is 17.1 Å². The number of hydrogen-bond acceptors (Lipinski definition) is 3. The third-order valence-electron chi connectivity index (χ3n) is 3.17. The predicted octanol–water partition coefficient (Wildman–Crippen LogP) is 3.64. The number of hydrogen-bond donors (Lipinski definition) is 2. The van der Waals surface area contributed by atoms with E-state index in [0.29, 0.717) is 0 Å². The molecule has 0 saturated carbocycles. The van der Waals surface area contributed by atoms with Gasteiger partial charge in [0.1, 0.15) is 11.4 Å². The van der Waals surface area contributed by atoms with Crippen LogP contribution in [0.15, 0.2) is 18.2 Å². The maximum absolute atomic E-state index is 13.9. The summed E-state index contributed by atoms with van der Waals surface area (Å²) in [5.41, 5.74) is -2.02. The van der Waals surface area contributed by atoms with E-state index in [1.54, 1.807) is 20.8 Å². The molecule has 0 aliphatic heterocycles. The minimum atomic E-state index is -1.43. The van der Waals surface area contributed by atoms with Gasteiger partial charge in [0.2, 0.25) is 0 Å². The molecule has 0 heterocycles. The van der Waals surface area contributed by atoms with Crippen molar-refractivity contribution in [3.63, 3.8) is 0 Å². The Bertz CT molecular complexity index is 580. The van der Waals surface area contributed by atoms with Crippen LogP contribution in [0.3, 0.4) is 0 Å². The molecular weight excluding hydrogens is 325 g/mol. The number of ether oxygens (including phenoxy) is 1. The number of amides is 1. The van der Waals surface area contributed by atoms with Crippen LogP contribution in [-0.4, -0.2) is 29.3 Å². The van der Waals surface area contributed by atoms with Crippen LogP contribution in [0.2, 0.25) is 5.02 Å². The molecule has 1 rings (SSSR count). The summed E-state index contributed by atoms with van der Waals surface area (Å²) in [4.78, 5) is 23.3. The van der Waals surface area contributed by atoms with Gasteiger partial charge in [-0.05, 0) is 46.2 Å². The van der Waals surface area contributed by atoms with Crippen LogP contribution in [0.1, 0.15) is 33.3 Å². The van der Waals surface area contributed by atoms with Crippen LogP contribution >= 0.6 is 11.6 Å². The number of nitrogens with one attached hydrogen (secondary N) is 1. The number of alkyl carbamates (subject to hydrolysis) is 1. The molecule has 1 amide bonds. The Kier molecular flexibility index (Phi) is 5.99. The summed E-state index contributed by atoms with van der Waals surface area (Å²) in [7, 11) is 0. The first kappa shape index (κ1) is 19.2. The molecule has 7 heteroatoms. The second-order valence-corrected chi connectivity index (χ2v) is 7.01. The predicted molar refractivity (Wildman–Crippen MR) is 85.1 cm³/mol. The van der Waals surface area contributed by atoms with Crippen molar-refractivity contribution >= 4 is 23.7 Å². The Morgan fingerprint density at radius 2 is 1.91 bits per heavy atom. The molecule has 0 radical (unpaired) electrons. The Morgan fingerprint density at radius 3 is 2.39 bits per heavy atom. The molecule has 1 atom stereocenters. The van der Waals surface area contributed by atoms with E-state index in [1.807, 2.05) is 0 Å². The largest absolute Gasteiger partial charge is 0.481 e. The molecule has 0 spiro atoms. The summed E-state index contributed by atoms with van der Waals surface area (Å²) in [5.74, 6) is -1.75. The average molecular weight is 346 g/mol. The van der Waals surface area contributed by atoms with Crippen LogP contribution in [0, 0.1) is 11.2 Å². The van der Waals surface area contributed by atoms with Crippen LogP contribution in [0.5, 0.6) is 0 Å². The van der Waals surface area contributed by atoms with Gasteiger partial charge >= 0.3 is 12.1 Å². The van der Waals surface area contributed by atoms with Gasteiger partial charge in [-0.1, -0.05) is 17.7 Å². The first-order valence-electron chi connectivity index (χ1n) is 7.08. The maximum Gasteiger partial charge on any atom is 0.407 e. The Balaban J connectivity index is 2.88. The molecule has 0 aromatic heterocycles. The zero-order valence-corrected chi connectivity index (χ0v) is 14.3. The minimum absolute atomic E-state index is 0.102. The van der Waals surface area contributed by atoms with Crippen molar-refractivity contribution in [3.8, 4) is 0 Å². The van der Waals surface area contributed by atoms with Gasteiger partial charge in [0.05, 0.1) is 5.41 Å². The molecule has 1 aromatic carbocycles. The molecule has 0 aliphatic carbocycles. The van der Waals surface area contributed by atoms with Gasteiger partial charge in [0.15, 0.2) is 0 Å². The van der Waals surface area contributed by atoms with Crippen LogP contribution in [-0.2, 0) is 16.0 Å². The first-order valence-corrected chi connectivity index (χ1v) is 7.45. The minimum Gasteiger partial charge on any atom is -0.481 e. The number of carbonyl (C=O) groups excluding carboxylic acids is 1. The highest BCUT2D eigenvalue weighted by Crippen LogP contribution is 2.29. The number of carboxylic acids is 1. The molecule has 128 valence electrons. The van der Waals surface area contributed by atoms with E-state index in [4.69, 9.17) is 16.3 Å². The molecule has 2 N–H and O–H groups in total. The fourth-order valence-electron chi connectivity index (χ4n) is 1.89. The third kappa shape index (κ3) is 5.71. The number of aliphatic carboxylic acids is 1. The number of carboxylic acid groups (broad SMARTS) is 1. The van der Waals surface area contributed by atoms with Crippen molar-refractivity contribution in [1.29, 1.82) is 0 Å². The lowest BCUT2D eigenvalue weighted by molar-refractivity contribution is -0.147. The van der Waals surface area contributed by atoms with Crippen LogP contribution < -0.4 is 5.32 Å². The topological polar surface area (TPSA) is 75.6 Å². The van der Waals surface area contributed by atoms with E-state index >= 15 is 0 Å². The molecular formula is C16H21ClFNO4. The summed E-state index contributed by atoms with van der Waals surface area (Å²) in [6, 6.07) is 4.15. The monoisotopic (exact) mass is 345 g/mol.